The van der Waals surface area contributed by atoms with Gasteiger partial charge in [0, 0.05) is 12.4 Å². The molecule has 2 rings (SSSR count). The largest absolute Gasteiger partial charge is 0.328 e. The fraction of sp³-hybridized carbons (Fsp3) is 0.333. The predicted octanol–water partition coefficient (Wildman–Crippen LogP) is 0.387. The van der Waals surface area contributed by atoms with Crippen LogP contribution < -0.4 is 10.6 Å². The summed E-state index contributed by atoms with van der Waals surface area (Å²) >= 11 is 0. The van der Waals surface area contributed by atoms with Gasteiger partial charge in [0.05, 0.1) is 0 Å². The van der Waals surface area contributed by atoms with Crippen LogP contribution in [0.4, 0.5) is 4.79 Å². The maximum atomic E-state index is 12.0. The van der Waals surface area contributed by atoms with E-state index in [1.807, 2.05) is 0 Å². The highest BCUT2D eigenvalue weighted by atomic mass is 16.2. The molecule has 0 saturated carbocycles. The number of hydrogen-bond acceptors (Lipinski definition) is 4. The molecule has 94 valence electrons. The normalized spacial score (nSPS) is 18.2. The number of nitrogens with zero attached hydrogens (tertiary/aromatic N) is 1. The summed E-state index contributed by atoms with van der Waals surface area (Å²) in [7, 11) is 0. The highest BCUT2D eigenvalue weighted by Gasteiger charge is 2.48. The van der Waals surface area contributed by atoms with Crippen LogP contribution in [0.25, 0.3) is 0 Å². The quantitative estimate of drug-likeness (QED) is 0.756. The third-order valence-corrected chi connectivity index (χ3v) is 3.16. The van der Waals surface area contributed by atoms with E-state index in [0.717, 1.165) is 5.56 Å². The van der Waals surface area contributed by atoms with E-state index in [-0.39, 0.29) is 6.42 Å². The second-order valence-electron chi connectivity index (χ2n) is 4.21. The summed E-state index contributed by atoms with van der Waals surface area (Å²) in [5.74, 6) is -1.11. The molecule has 0 aliphatic carbocycles. The van der Waals surface area contributed by atoms with E-state index in [1.165, 1.54) is 0 Å². The first kappa shape index (κ1) is 12.2. The average molecular weight is 247 g/mol. The van der Waals surface area contributed by atoms with Gasteiger partial charge in [-0.1, -0.05) is 13.0 Å². The Balaban J connectivity index is 2.33. The Hall–Kier alpha value is -2.24. The van der Waals surface area contributed by atoms with Gasteiger partial charge in [0.15, 0.2) is 0 Å². The van der Waals surface area contributed by atoms with Gasteiger partial charge in [-0.25, -0.2) is 4.79 Å². The Morgan fingerprint density at radius 1 is 1.22 bits per heavy atom. The first-order valence-corrected chi connectivity index (χ1v) is 5.64. The van der Waals surface area contributed by atoms with Crippen molar-refractivity contribution in [3.05, 3.63) is 30.1 Å². The van der Waals surface area contributed by atoms with E-state index in [2.05, 4.69) is 15.6 Å². The maximum absolute atomic E-state index is 12.0. The second-order valence-corrected chi connectivity index (χ2v) is 4.21. The second kappa shape index (κ2) is 4.56. The number of carbonyl (C=O) groups is 3. The van der Waals surface area contributed by atoms with Crippen molar-refractivity contribution >= 4 is 17.8 Å². The number of nitrogens with one attached hydrogen (secondary N) is 2. The van der Waals surface area contributed by atoms with Crippen molar-refractivity contribution in [3.8, 4) is 0 Å². The van der Waals surface area contributed by atoms with Gasteiger partial charge < -0.3 is 0 Å². The minimum absolute atomic E-state index is 0.224. The van der Waals surface area contributed by atoms with Crippen molar-refractivity contribution in [2.24, 2.45) is 5.41 Å². The van der Waals surface area contributed by atoms with Crippen LogP contribution in [0, 0.1) is 5.41 Å². The summed E-state index contributed by atoms with van der Waals surface area (Å²) in [6, 6.07) is 2.77. The highest BCUT2D eigenvalue weighted by Crippen LogP contribution is 2.29. The molecule has 0 unspecified atom stereocenters. The zero-order valence-corrected chi connectivity index (χ0v) is 9.90. The summed E-state index contributed by atoms with van der Waals surface area (Å²) in [6.07, 6.45) is 3.76. The Morgan fingerprint density at radius 3 is 2.39 bits per heavy atom. The Labute approximate surface area is 104 Å². The van der Waals surface area contributed by atoms with Crippen LogP contribution in [0.15, 0.2) is 24.5 Å². The zero-order valence-electron chi connectivity index (χ0n) is 9.90. The summed E-state index contributed by atoms with van der Waals surface area (Å²) < 4.78 is 0. The van der Waals surface area contributed by atoms with E-state index in [9.17, 15) is 14.4 Å². The SMILES string of the molecule is CCC1(Cc2cccnc2)C(=O)NC(=O)NC1=O. The zero-order chi connectivity index (χ0) is 13.2. The molecular weight excluding hydrogens is 234 g/mol. The lowest BCUT2D eigenvalue weighted by Crippen LogP contribution is -2.63. The first-order chi connectivity index (χ1) is 8.58. The topological polar surface area (TPSA) is 88.2 Å². The highest BCUT2D eigenvalue weighted by molar-refractivity contribution is 6.19. The van der Waals surface area contributed by atoms with Crippen LogP contribution in [0.5, 0.6) is 0 Å². The van der Waals surface area contributed by atoms with Crippen molar-refractivity contribution < 1.29 is 14.4 Å². The van der Waals surface area contributed by atoms with E-state index in [0.29, 0.717) is 6.42 Å². The van der Waals surface area contributed by atoms with Crippen molar-refractivity contribution in [1.82, 2.24) is 15.6 Å². The van der Waals surface area contributed by atoms with Gasteiger partial charge in [0.2, 0.25) is 11.8 Å². The number of amides is 4. The van der Waals surface area contributed by atoms with Crippen molar-refractivity contribution in [2.75, 3.05) is 0 Å². The van der Waals surface area contributed by atoms with E-state index in [1.54, 1.807) is 31.5 Å². The van der Waals surface area contributed by atoms with Gasteiger partial charge in [0.25, 0.3) is 0 Å². The Bertz CT molecular complexity index is 479. The van der Waals surface area contributed by atoms with Crippen LogP contribution in [0.3, 0.4) is 0 Å². The number of rotatable bonds is 3. The molecule has 2 heterocycles. The van der Waals surface area contributed by atoms with Gasteiger partial charge in [-0.05, 0) is 24.5 Å². The molecule has 0 aromatic carbocycles. The predicted molar refractivity (Wildman–Crippen MR) is 62.3 cm³/mol. The molecule has 0 spiro atoms. The molecule has 1 saturated heterocycles. The summed E-state index contributed by atoms with van der Waals surface area (Å²) in [4.78, 5) is 38.9. The Morgan fingerprint density at radius 2 is 1.89 bits per heavy atom. The first-order valence-electron chi connectivity index (χ1n) is 5.64. The molecule has 4 amide bonds. The third-order valence-electron chi connectivity index (χ3n) is 3.16. The lowest BCUT2D eigenvalue weighted by molar-refractivity contribution is -0.144. The van der Waals surface area contributed by atoms with Crippen LogP contribution in [-0.2, 0) is 16.0 Å². The monoisotopic (exact) mass is 247 g/mol. The molecule has 0 radical (unpaired) electrons. The van der Waals surface area contributed by atoms with Gasteiger partial charge in [-0.15, -0.1) is 0 Å². The number of barbiturate groups is 1. The lowest BCUT2D eigenvalue weighted by Gasteiger charge is -2.32. The third kappa shape index (κ3) is 1.97. The minimum Gasteiger partial charge on any atom is -0.277 e. The fourth-order valence-electron chi connectivity index (χ4n) is 2.04. The Kier molecular flexibility index (Phi) is 3.10. The molecule has 6 heteroatoms. The van der Waals surface area contributed by atoms with E-state index >= 15 is 0 Å². The summed E-state index contributed by atoms with van der Waals surface area (Å²) in [6.45, 7) is 1.74. The van der Waals surface area contributed by atoms with E-state index in [4.69, 9.17) is 0 Å². The molecule has 1 aromatic heterocycles. The standard InChI is InChI=1S/C12H13N3O3/c1-2-12(6-8-4-3-5-13-7-8)9(16)14-11(18)15-10(12)17/h3-5,7H,2,6H2,1H3,(H2,14,15,16,17,18). The van der Waals surface area contributed by atoms with Gasteiger partial charge in [-0.2, -0.15) is 0 Å². The summed E-state index contributed by atoms with van der Waals surface area (Å²) in [5, 5.41) is 4.28. The van der Waals surface area contributed by atoms with E-state index < -0.39 is 23.3 Å². The maximum Gasteiger partial charge on any atom is 0.328 e. The lowest BCUT2D eigenvalue weighted by atomic mass is 9.76. The summed E-state index contributed by atoms with van der Waals surface area (Å²) in [5.41, 5.74) is -0.462. The molecule has 6 nitrogen and oxygen atoms in total. The number of urea groups is 1. The average Bonchev–Trinajstić information content (AvgIpc) is 2.35. The minimum atomic E-state index is -1.24. The van der Waals surface area contributed by atoms with Crippen molar-refractivity contribution in [2.45, 2.75) is 19.8 Å². The van der Waals surface area contributed by atoms with Crippen molar-refractivity contribution in [3.63, 3.8) is 0 Å². The van der Waals surface area contributed by atoms with Gasteiger partial charge >= 0.3 is 6.03 Å². The number of carbonyl (C=O) groups excluding carboxylic acids is 3. The molecule has 1 aliphatic rings. The fourth-order valence-corrected chi connectivity index (χ4v) is 2.04. The van der Waals surface area contributed by atoms with Crippen LogP contribution in [0.1, 0.15) is 18.9 Å². The number of pyridine rings is 1. The molecular formula is C12H13N3O3. The molecule has 1 aromatic rings. The van der Waals surface area contributed by atoms with Gasteiger partial charge in [0.1, 0.15) is 5.41 Å². The van der Waals surface area contributed by atoms with Gasteiger partial charge in [-0.3, -0.25) is 25.2 Å². The molecule has 1 fully saturated rings. The van der Waals surface area contributed by atoms with Crippen LogP contribution in [-0.4, -0.2) is 22.8 Å². The smallest absolute Gasteiger partial charge is 0.277 e. The molecule has 1 aliphatic heterocycles. The molecule has 0 atom stereocenters. The number of hydrogen-bond donors (Lipinski definition) is 2. The molecule has 0 bridgehead atoms. The number of imide groups is 2. The number of aromatic nitrogens is 1. The molecule has 18 heavy (non-hydrogen) atoms. The van der Waals surface area contributed by atoms with Crippen LogP contribution in [0.2, 0.25) is 0 Å². The molecule has 2 N–H and O–H groups in total. The van der Waals surface area contributed by atoms with Crippen molar-refractivity contribution in [1.29, 1.82) is 0 Å². The van der Waals surface area contributed by atoms with Crippen LogP contribution >= 0.6 is 0 Å².